The lowest BCUT2D eigenvalue weighted by Gasteiger charge is -2.38. The van der Waals surface area contributed by atoms with Crippen molar-refractivity contribution in [1.82, 2.24) is 20.2 Å². The number of nitrogens with zero attached hydrogens (tertiary/aromatic N) is 2. The number of fused-ring (bicyclic) bond motifs is 1. The van der Waals surface area contributed by atoms with Crippen molar-refractivity contribution in [3.63, 3.8) is 0 Å². The Morgan fingerprint density at radius 1 is 1.60 bits per heavy atom. The Bertz CT molecular complexity index is 490. The molecule has 2 aliphatic rings. The van der Waals surface area contributed by atoms with Crippen LogP contribution in [0.3, 0.4) is 0 Å². The Morgan fingerprint density at radius 2 is 2.45 bits per heavy atom. The average molecular weight is 280 g/mol. The fourth-order valence-corrected chi connectivity index (χ4v) is 2.89. The number of nitrogens with one attached hydrogen (secondary N) is 2. The van der Waals surface area contributed by atoms with Crippen LogP contribution in [0.15, 0.2) is 6.33 Å². The molecule has 3 unspecified atom stereocenters. The Balaban J connectivity index is 1.67. The minimum Gasteiger partial charge on any atom is -0.394 e. The maximum atomic E-state index is 12.6. The molecule has 3 rings (SSSR count). The van der Waals surface area contributed by atoms with Crippen LogP contribution in [0, 0.1) is 0 Å². The van der Waals surface area contributed by atoms with Crippen molar-refractivity contribution in [3.05, 3.63) is 17.7 Å². The molecule has 7 heteroatoms. The first kappa shape index (κ1) is 13.5. The summed E-state index contributed by atoms with van der Waals surface area (Å²) in [7, 11) is 0. The SMILES string of the molecule is CC1CN(C(=O)C2Cc3nc[nH]c3CN2)CC(CO)O1. The number of hydrogen-bond acceptors (Lipinski definition) is 5. The van der Waals surface area contributed by atoms with Crippen LogP contribution in [0.2, 0.25) is 0 Å². The molecular formula is C13H20N4O3. The molecule has 1 saturated heterocycles. The molecule has 0 saturated carbocycles. The number of aromatic amines is 1. The zero-order chi connectivity index (χ0) is 14.1. The van der Waals surface area contributed by atoms with E-state index < -0.39 is 0 Å². The molecule has 3 N–H and O–H groups in total. The Kier molecular flexibility index (Phi) is 3.73. The number of aliphatic hydroxyl groups excluding tert-OH is 1. The number of carbonyl (C=O) groups excluding carboxylic acids is 1. The van der Waals surface area contributed by atoms with Crippen molar-refractivity contribution in [2.45, 2.75) is 38.1 Å². The zero-order valence-electron chi connectivity index (χ0n) is 11.5. The van der Waals surface area contributed by atoms with E-state index in [2.05, 4.69) is 15.3 Å². The third-order valence-corrected chi connectivity index (χ3v) is 3.87. The van der Waals surface area contributed by atoms with Gasteiger partial charge in [0.25, 0.3) is 0 Å². The summed E-state index contributed by atoms with van der Waals surface area (Å²) in [5.41, 5.74) is 2.01. The lowest BCUT2D eigenvalue weighted by atomic mass is 10.0. The van der Waals surface area contributed by atoms with Gasteiger partial charge in [0.2, 0.25) is 5.91 Å². The number of hydrogen-bond donors (Lipinski definition) is 3. The molecule has 2 aliphatic heterocycles. The first-order valence-corrected chi connectivity index (χ1v) is 6.97. The molecule has 0 aromatic carbocycles. The molecule has 3 heterocycles. The molecule has 110 valence electrons. The van der Waals surface area contributed by atoms with Crippen LogP contribution in [0.4, 0.5) is 0 Å². The zero-order valence-corrected chi connectivity index (χ0v) is 11.5. The van der Waals surface area contributed by atoms with Gasteiger partial charge >= 0.3 is 0 Å². The highest BCUT2D eigenvalue weighted by Gasteiger charge is 2.34. The molecule has 7 nitrogen and oxygen atoms in total. The van der Waals surface area contributed by atoms with Gasteiger partial charge in [-0.2, -0.15) is 0 Å². The quantitative estimate of drug-likeness (QED) is 0.648. The van der Waals surface area contributed by atoms with Crippen molar-refractivity contribution in [2.75, 3.05) is 19.7 Å². The molecule has 1 aromatic heterocycles. The fourth-order valence-electron chi connectivity index (χ4n) is 2.89. The van der Waals surface area contributed by atoms with Crippen molar-refractivity contribution >= 4 is 5.91 Å². The molecule has 1 amide bonds. The Labute approximate surface area is 117 Å². The second-order valence-electron chi connectivity index (χ2n) is 5.46. The summed E-state index contributed by atoms with van der Waals surface area (Å²) in [4.78, 5) is 21.7. The van der Waals surface area contributed by atoms with E-state index in [9.17, 15) is 9.90 Å². The van der Waals surface area contributed by atoms with E-state index in [-0.39, 0.29) is 30.8 Å². The van der Waals surface area contributed by atoms with Gasteiger partial charge < -0.3 is 19.7 Å². The number of aliphatic hydroxyl groups is 1. The lowest BCUT2D eigenvalue weighted by Crippen LogP contribution is -2.56. The van der Waals surface area contributed by atoms with Crippen LogP contribution < -0.4 is 5.32 Å². The first-order valence-electron chi connectivity index (χ1n) is 6.97. The van der Waals surface area contributed by atoms with E-state index in [0.29, 0.717) is 26.1 Å². The van der Waals surface area contributed by atoms with Gasteiger partial charge in [-0.15, -0.1) is 0 Å². The molecule has 3 atom stereocenters. The molecule has 0 bridgehead atoms. The van der Waals surface area contributed by atoms with Crippen LogP contribution in [0.25, 0.3) is 0 Å². The van der Waals surface area contributed by atoms with E-state index in [4.69, 9.17) is 4.74 Å². The third-order valence-electron chi connectivity index (χ3n) is 3.87. The highest BCUT2D eigenvalue weighted by atomic mass is 16.5. The maximum absolute atomic E-state index is 12.6. The van der Waals surface area contributed by atoms with Crippen molar-refractivity contribution in [2.24, 2.45) is 0 Å². The van der Waals surface area contributed by atoms with Crippen LogP contribution in [-0.4, -0.2) is 63.8 Å². The van der Waals surface area contributed by atoms with Crippen molar-refractivity contribution in [1.29, 1.82) is 0 Å². The number of morpholine rings is 1. The summed E-state index contributed by atoms with van der Waals surface area (Å²) in [6.45, 7) is 3.51. The number of rotatable bonds is 2. The van der Waals surface area contributed by atoms with Crippen LogP contribution >= 0.6 is 0 Å². The van der Waals surface area contributed by atoms with Gasteiger partial charge in [-0.3, -0.25) is 10.1 Å². The summed E-state index contributed by atoms with van der Waals surface area (Å²) in [6.07, 6.45) is 1.94. The first-order chi connectivity index (χ1) is 9.67. The third kappa shape index (κ3) is 2.56. The van der Waals surface area contributed by atoms with E-state index in [1.807, 2.05) is 6.92 Å². The molecule has 1 fully saturated rings. The number of carbonyl (C=O) groups is 1. The summed E-state index contributed by atoms with van der Waals surface area (Å²) in [5, 5.41) is 12.5. The Hall–Kier alpha value is -1.44. The highest BCUT2D eigenvalue weighted by Crippen LogP contribution is 2.17. The normalized spacial score (nSPS) is 30.1. The molecule has 1 aromatic rings. The topological polar surface area (TPSA) is 90.5 Å². The molecule has 0 spiro atoms. The van der Waals surface area contributed by atoms with Gasteiger partial charge in [0.1, 0.15) is 0 Å². The van der Waals surface area contributed by atoms with Gasteiger partial charge in [0, 0.05) is 26.1 Å². The predicted octanol–water partition coefficient (Wildman–Crippen LogP) is -0.968. The largest absolute Gasteiger partial charge is 0.394 e. The number of imidazole rings is 1. The molecular weight excluding hydrogens is 260 g/mol. The van der Waals surface area contributed by atoms with E-state index in [1.54, 1.807) is 11.2 Å². The second kappa shape index (κ2) is 5.51. The van der Waals surface area contributed by atoms with Crippen molar-refractivity contribution < 1.29 is 14.6 Å². The van der Waals surface area contributed by atoms with Gasteiger partial charge in [0.15, 0.2) is 0 Å². The molecule has 20 heavy (non-hydrogen) atoms. The fraction of sp³-hybridized carbons (Fsp3) is 0.692. The van der Waals surface area contributed by atoms with Gasteiger partial charge in [-0.25, -0.2) is 4.98 Å². The van der Waals surface area contributed by atoms with Gasteiger partial charge in [-0.05, 0) is 6.92 Å². The maximum Gasteiger partial charge on any atom is 0.240 e. The number of ether oxygens (including phenoxy) is 1. The van der Waals surface area contributed by atoms with E-state index in [0.717, 1.165) is 11.4 Å². The monoisotopic (exact) mass is 280 g/mol. The van der Waals surface area contributed by atoms with E-state index in [1.165, 1.54) is 0 Å². The average Bonchev–Trinajstić information content (AvgIpc) is 2.93. The van der Waals surface area contributed by atoms with Crippen LogP contribution in [-0.2, 0) is 22.5 Å². The predicted molar refractivity (Wildman–Crippen MR) is 70.9 cm³/mol. The van der Waals surface area contributed by atoms with Crippen LogP contribution in [0.1, 0.15) is 18.3 Å². The summed E-state index contributed by atoms with van der Waals surface area (Å²) in [6, 6.07) is -0.240. The number of amides is 1. The molecule has 0 radical (unpaired) electrons. The van der Waals surface area contributed by atoms with E-state index >= 15 is 0 Å². The van der Waals surface area contributed by atoms with Gasteiger partial charge in [0.05, 0.1) is 42.6 Å². The Morgan fingerprint density at radius 3 is 3.25 bits per heavy atom. The minimum atomic E-state index is -0.285. The standard InChI is InChI=1S/C13H20N4O3/c1-8-4-17(5-9(6-18)20-8)13(19)11-2-10-12(3-14-11)16-7-15-10/h7-9,11,14,18H,2-6H2,1H3,(H,15,16). The highest BCUT2D eigenvalue weighted by molar-refractivity contribution is 5.82. The second-order valence-corrected chi connectivity index (χ2v) is 5.46. The smallest absolute Gasteiger partial charge is 0.240 e. The van der Waals surface area contributed by atoms with Gasteiger partial charge in [-0.1, -0.05) is 0 Å². The summed E-state index contributed by atoms with van der Waals surface area (Å²) < 4.78 is 5.57. The molecule has 0 aliphatic carbocycles. The summed E-state index contributed by atoms with van der Waals surface area (Å²) >= 11 is 0. The van der Waals surface area contributed by atoms with Crippen LogP contribution in [0.5, 0.6) is 0 Å². The minimum absolute atomic E-state index is 0.0469. The number of H-pyrrole nitrogens is 1. The lowest BCUT2D eigenvalue weighted by molar-refractivity contribution is -0.149. The van der Waals surface area contributed by atoms with Crippen molar-refractivity contribution in [3.8, 4) is 0 Å². The summed E-state index contributed by atoms with van der Waals surface area (Å²) in [5.74, 6) is 0.0623. The number of aromatic nitrogens is 2.